The van der Waals surface area contributed by atoms with Crippen molar-refractivity contribution >= 4 is 11.8 Å². The van der Waals surface area contributed by atoms with Crippen LogP contribution in [0.5, 0.6) is 17.2 Å². The number of Topliss-reactive ketones (excluding diaryl/α,β-unsaturated/α-hetero) is 1. The molecule has 6 nitrogen and oxygen atoms in total. The van der Waals surface area contributed by atoms with E-state index in [1.165, 1.54) is 39.3 Å². The number of carbonyl (C=O) groups excluding carboxylic acids is 2. The molecule has 0 heterocycles. The number of benzene rings is 2. The standard InChI is InChI=1S/C18H18O6/c1-11(19)12-4-7-17(23-3)13(8-12)10-24-18(21)15-9-14(22-2)5-6-16(15)20/h4-9,20H,10H2,1-3H3. The molecule has 0 unspecified atom stereocenters. The van der Waals surface area contributed by atoms with Gasteiger partial charge in [0.05, 0.1) is 14.2 Å². The number of rotatable bonds is 6. The minimum atomic E-state index is -0.707. The van der Waals surface area contributed by atoms with Crippen LogP contribution in [0.3, 0.4) is 0 Å². The van der Waals surface area contributed by atoms with Crippen LogP contribution in [0, 0.1) is 0 Å². The van der Waals surface area contributed by atoms with Crippen LogP contribution in [0.15, 0.2) is 36.4 Å². The van der Waals surface area contributed by atoms with Crippen molar-refractivity contribution in [1.82, 2.24) is 0 Å². The van der Waals surface area contributed by atoms with Gasteiger partial charge in [-0.15, -0.1) is 0 Å². The first-order valence-electron chi connectivity index (χ1n) is 7.18. The molecule has 0 radical (unpaired) electrons. The molecule has 0 amide bonds. The van der Waals surface area contributed by atoms with Gasteiger partial charge in [-0.2, -0.15) is 0 Å². The fourth-order valence-electron chi connectivity index (χ4n) is 2.14. The average molecular weight is 330 g/mol. The number of hydrogen-bond donors (Lipinski definition) is 1. The van der Waals surface area contributed by atoms with Crippen molar-refractivity contribution in [3.63, 3.8) is 0 Å². The summed E-state index contributed by atoms with van der Waals surface area (Å²) >= 11 is 0. The van der Waals surface area contributed by atoms with E-state index in [1.807, 2.05) is 0 Å². The summed E-state index contributed by atoms with van der Waals surface area (Å²) in [5.74, 6) is -0.0822. The number of ketones is 1. The lowest BCUT2D eigenvalue weighted by molar-refractivity contribution is 0.0466. The van der Waals surface area contributed by atoms with E-state index in [1.54, 1.807) is 18.2 Å². The number of ether oxygens (including phenoxy) is 3. The van der Waals surface area contributed by atoms with E-state index < -0.39 is 5.97 Å². The summed E-state index contributed by atoms with van der Waals surface area (Å²) in [5, 5.41) is 9.79. The zero-order valence-electron chi connectivity index (χ0n) is 13.7. The molecule has 0 atom stereocenters. The predicted octanol–water partition coefficient (Wildman–Crippen LogP) is 2.97. The van der Waals surface area contributed by atoms with Gasteiger partial charge < -0.3 is 19.3 Å². The minimum absolute atomic E-state index is 0.00367. The SMILES string of the molecule is COc1ccc(O)c(C(=O)OCc2cc(C(C)=O)ccc2OC)c1. The van der Waals surface area contributed by atoms with Gasteiger partial charge >= 0.3 is 5.97 Å². The van der Waals surface area contributed by atoms with Crippen molar-refractivity contribution in [3.8, 4) is 17.2 Å². The second-order valence-electron chi connectivity index (χ2n) is 5.04. The maximum Gasteiger partial charge on any atom is 0.342 e. The molecule has 0 aliphatic rings. The summed E-state index contributed by atoms with van der Waals surface area (Å²) in [7, 11) is 2.95. The van der Waals surface area contributed by atoms with E-state index in [0.29, 0.717) is 22.6 Å². The van der Waals surface area contributed by atoms with E-state index in [2.05, 4.69) is 0 Å². The summed E-state index contributed by atoms with van der Waals surface area (Å²) in [6.45, 7) is 1.35. The first-order valence-corrected chi connectivity index (χ1v) is 7.18. The Morgan fingerprint density at radius 1 is 1.04 bits per heavy atom. The Morgan fingerprint density at radius 2 is 1.79 bits per heavy atom. The number of phenolic OH excluding ortho intramolecular Hbond substituents is 1. The van der Waals surface area contributed by atoms with Crippen LogP contribution >= 0.6 is 0 Å². The lowest BCUT2D eigenvalue weighted by Gasteiger charge is -2.11. The molecule has 1 N–H and O–H groups in total. The van der Waals surface area contributed by atoms with Crippen molar-refractivity contribution in [2.24, 2.45) is 0 Å². The van der Waals surface area contributed by atoms with Crippen LogP contribution in [0.2, 0.25) is 0 Å². The summed E-state index contributed by atoms with van der Waals surface area (Å²) < 4.78 is 15.5. The zero-order valence-corrected chi connectivity index (χ0v) is 13.7. The van der Waals surface area contributed by atoms with Crippen LogP contribution in [0.4, 0.5) is 0 Å². The van der Waals surface area contributed by atoms with Gasteiger partial charge in [0.25, 0.3) is 0 Å². The Morgan fingerprint density at radius 3 is 2.42 bits per heavy atom. The quantitative estimate of drug-likeness (QED) is 0.648. The van der Waals surface area contributed by atoms with E-state index in [9.17, 15) is 14.7 Å². The van der Waals surface area contributed by atoms with E-state index in [0.717, 1.165) is 0 Å². The van der Waals surface area contributed by atoms with Gasteiger partial charge in [0, 0.05) is 11.1 Å². The molecule has 0 spiro atoms. The second-order valence-corrected chi connectivity index (χ2v) is 5.04. The van der Waals surface area contributed by atoms with Gasteiger partial charge in [-0.25, -0.2) is 4.79 Å². The molecule has 2 rings (SSSR count). The largest absolute Gasteiger partial charge is 0.507 e. The highest BCUT2D eigenvalue weighted by Crippen LogP contribution is 2.25. The average Bonchev–Trinajstić information content (AvgIpc) is 2.59. The van der Waals surface area contributed by atoms with Crippen molar-refractivity contribution in [2.45, 2.75) is 13.5 Å². The highest BCUT2D eigenvalue weighted by atomic mass is 16.5. The lowest BCUT2D eigenvalue weighted by Crippen LogP contribution is -2.07. The summed E-state index contributed by atoms with van der Waals surface area (Å²) in [6, 6.07) is 9.17. The summed E-state index contributed by atoms with van der Waals surface area (Å²) in [4.78, 5) is 23.7. The molecule has 0 aromatic heterocycles. The third-order valence-electron chi connectivity index (χ3n) is 3.47. The Bertz CT molecular complexity index is 766. The number of esters is 1. The smallest absolute Gasteiger partial charge is 0.342 e. The number of carbonyl (C=O) groups is 2. The molecular weight excluding hydrogens is 312 g/mol. The summed E-state index contributed by atoms with van der Waals surface area (Å²) in [6.07, 6.45) is 0. The monoisotopic (exact) mass is 330 g/mol. The topological polar surface area (TPSA) is 82.1 Å². The molecule has 2 aromatic rings. The van der Waals surface area contributed by atoms with Crippen molar-refractivity contribution in [2.75, 3.05) is 14.2 Å². The van der Waals surface area contributed by atoms with Gasteiger partial charge in [-0.1, -0.05) is 0 Å². The Labute approximate surface area is 139 Å². The van der Waals surface area contributed by atoms with E-state index in [-0.39, 0.29) is 23.7 Å². The molecule has 0 saturated carbocycles. The van der Waals surface area contributed by atoms with Crippen LogP contribution in [-0.2, 0) is 11.3 Å². The van der Waals surface area contributed by atoms with Crippen LogP contribution < -0.4 is 9.47 Å². The van der Waals surface area contributed by atoms with Gasteiger partial charge in [0.15, 0.2) is 5.78 Å². The Balaban J connectivity index is 2.20. The van der Waals surface area contributed by atoms with Crippen LogP contribution in [0.1, 0.15) is 33.2 Å². The van der Waals surface area contributed by atoms with E-state index in [4.69, 9.17) is 14.2 Å². The third-order valence-corrected chi connectivity index (χ3v) is 3.47. The number of aromatic hydroxyl groups is 1. The van der Waals surface area contributed by atoms with Gasteiger partial charge in [-0.3, -0.25) is 4.79 Å². The number of hydrogen-bond acceptors (Lipinski definition) is 6. The highest BCUT2D eigenvalue weighted by Gasteiger charge is 2.16. The Hall–Kier alpha value is -3.02. The third kappa shape index (κ3) is 3.84. The van der Waals surface area contributed by atoms with Crippen LogP contribution in [-0.4, -0.2) is 31.1 Å². The van der Waals surface area contributed by atoms with Crippen LogP contribution in [0.25, 0.3) is 0 Å². The van der Waals surface area contributed by atoms with Crippen molar-refractivity contribution < 1.29 is 28.9 Å². The first-order chi connectivity index (χ1) is 11.5. The highest BCUT2D eigenvalue weighted by molar-refractivity contribution is 5.94. The summed E-state index contributed by atoms with van der Waals surface area (Å²) in [5.41, 5.74) is 1.04. The van der Waals surface area contributed by atoms with E-state index >= 15 is 0 Å². The first kappa shape index (κ1) is 17.3. The number of methoxy groups -OCH3 is 2. The predicted molar refractivity (Wildman–Crippen MR) is 86.8 cm³/mol. The second kappa shape index (κ2) is 7.50. The molecule has 24 heavy (non-hydrogen) atoms. The molecule has 126 valence electrons. The van der Waals surface area contributed by atoms with Gasteiger partial charge in [0.1, 0.15) is 29.4 Å². The molecular formula is C18H18O6. The minimum Gasteiger partial charge on any atom is -0.507 e. The normalized spacial score (nSPS) is 10.1. The van der Waals surface area contributed by atoms with Gasteiger partial charge in [-0.05, 0) is 43.3 Å². The zero-order chi connectivity index (χ0) is 17.7. The molecule has 0 aliphatic carbocycles. The fourth-order valence-corrected chi connectivity index (χ4v) is 2.14. The molecule has 0 bridgehead atoms. The maximum atomic E-state index is 12.2. The lowest BCUT2D eigenvalue weighted by atomic mass is 10.1. The molecule has 0 saturated heterocycles. The molecule has 0 aliphatic heterocycles. The number of phenols is 1. The van der Waals surface area contributed by atoms with Crippen molar-refractivity contribution in [3.05, 3.63) is 53.1 Å². The molecule has 0 fully saturated rings. The maximum absolute atomic E-state index is 12.2. The Kier molecular flexibility index (Phi) is 5.42. The van der Waals surface area contributed by atoms with Crippen molar-refractivity contribution in [1.29, 1.82) is 0 Å². The molecule has 2 aromatic carbocycles. The molecule has 6 heteroatoms. The van der Waals surface area contributed by atoms with Gasteiger partial charge in [0.2, 0.25) is 0 Å². The fraction of sp³-hybridized carbons (Fsp3) is 0.222.